The summed E-state index contributed by atoms with van der Waals surface area (Å²) in [4.78, 5) is 11.1. The summed E-state index contributed by atoms with van der Waals surface area (Å²) in [6.45, 7) is 0. The molecule has 1 aliphatic heterocycles. The number of hydrogen-bond acceptors (Lipinski definition) is 1. The van der Waals surface area contributed by atoms with E-state index < -0.39 is 0 Å². The van der Waals surface area contributed by atoms with Gasteiger partial charge in [-0.15, -0.1) is 0 Å². The predicted molar refractivity (Wildman–Crippen MR) is 48.0 cm³/mol. The van der Waals surface area contributed by atoms with Crippen molar-refractivity contribution in [3.05, 3.63) is 29.6 Å². The van der Waals surface area contributed by atoms with Crippen LogP contribution >= 0.6 is 0 Å². The molecular formula is C10H10FNO. The Hall–Kier alpha value is -1.38. The van der Waals surface area contributed by atoms with Gasteiger partial charge in [0.1, 0.15) is 5.82 Å². The third kappa shape index (κ3) is 1.69. The maximum absolute atomic E-state index is 12.8. The van der Waals surface area contributed by atoms with Crippen molar-refractivity contribution in [1.29, 1.82) is 0 Å². The van der Waals surface area contributed by atoms with Crippen molar-refractivity contribution in [3.63, 3.8) is 0 Å². The zero-order valence-electron chi connectivity index (χ0n) is 7.14. The van der Waals surface area contributed by atoms with E-state index in [1.807, 2.05) is 0 Å². The molecule has 1 aliphatic rings. The molecule has 0 fully saturated rings. The Morgan fingerprint density at radius 2 is 2.15 bits per heavy atom. The van der Waals surface area contributed by atoms with Crippen LogP contribution in [-0.4, -0.2) is 5.91 Å². The zero-order chi connectivity index (χ0) is 9.26. The minimum atomic E-state index is -0.241. The first kappa shape index (κ1) is 8.23. The number of aryl methyl sites for hydroxylation is 1. The average Bonchev–Trinajstić information content (AvgIpc) is 2.25. The minimum Gasteiger partial charge on any atom is -0.326 e. The fraction of sp³-hybridized carbons (Fsp3) is 0.300. The van der Waals surface area contributed by atoms with Gasteiger partial charge < -0.3 is 5.32 Å². The molecule has 0 aromatic heterocycles. The molecule has 0 saturated heterocycles. The molecule has 0 radical (unpaired) electrons. The highest BCUT2D eigenvalue weighted by atomic mass is 19.1. The fourth-order valence-corrected chi connectivity index (χ4v) is 1.54. The zero-order valence-corrected chi connectivity index (χ0v) is 7.14. The molecular weight excluding hydrogens is 169 g/mol. The molecule has 13 heavy (non-hydrogen) atoms. The summed E-state index contributed by atoms with van der Waals surface area (Å²) >= 11 is 0. The molecule has 2 nitrogen and oxygen atoms in total. The lowest BCUT2D eigenvalue weighted by Crippen LogP contribution is -2.09. The van der Waals surface area contributed by atoms with Crippen LogP contribution in [0, 0.1) is 5.82 Å². The van der Waals surface area contributed by atoms with Gasteiger partial charge in [0.2, 0.25) is 5.91 Å². The van der Waals surface area contributed by atoms with Gasteiger partial charge in [-0.3, -0.25) is 4.79 Å². The number of halogens is 1. The molecule has 0 unspecified atom stereocenters. The van der Waals surface area contributed by atoms with Crippen molar-refractivity contribution in [2.24, 2.45) is 0 Å². The van der Waals surface area contributed by atoms with E-state index in [0.717, 1.165) is 24.1 Å². The smallest absolute Gasteiger partial charge is 0.224 e. The van der Waals surface area contributed by atoms with Crippen LogP contribution < -0.4 is 5.32 Å². The molecule has 0 spiro atoms. The van der Waals surface area contributed by atoms with Crippen LogP contribution in [-0.2, 0) is 11.2 Å². The van der Waals surface area contributed by atoms with Crippen molar-refractivity contribution in [1.82, 2.24) is 0 Å². The third-order valence-corrected chi connectivity index (χ3v) is 2.19. The van der Waals surface area contributed by atoms with Crippen LogP contribution in [0.2, 0.25) is 0 Å². The SMILES string of the molecule is O=C1CCCc2cc(F)ccc2N1. The Morgan fingerprint density at radius 1 is 1.31 bits per heavy atom. The van der Waals surface area contributed by atoms with Crippen LogP contribution in [0.25, 0.3) is 0 Å². The van der Waals surface area contributed by atoms with Gasteiger partial charge in [-0.2, -0.15) is 0 Å². The lowest BCUT2D eigenvalue weighted by molar-refractivity contribution is -0.116. The van der Waals surface area contributed by atoms with Crippen molar-refractivity contribution in [2.45, 2.75) is 19.3 Å². The van der Waals surface area contributed by atoms with E-state index in [2.05, 4.69) is 5.32 Å². The van der Waals surface area contributed by atoms with Gasteiger partial charge >= 0.3 is 0 Å². The number of hydrogen-bond donors (Lipinski definition) is 1. The molecule has 68 valence electrons. The summed E-state index contributed by atoms with van der Waals surface area (Å²) in [7, 11) is 0. The predicted octanol–water partition coefficient (Wildman–Crippen LogP) is 2.10. The fourth-order valence-electron chi connectivity index (χ4n) is 1.54. The van der Waals surface area contributed by atoms with Crippen molar-refractivity contribution in [2.75, 3.05) is 5.32 Å². The number of rotatable bonds is 0. The lowest BCUT2D eigenvalue weighted by atomic mass is 10.1. The number of nitrogens with one attached hydrogen (secondary N) is 1. The second-order valence-electron chi connectivity index (χ2n) is 3.20. The van der Waals surface area contributed by atoms with Crippen LogP contribution in [0.3, 0.4) is 0 Å². The van der Waals surface area contributed by atoms with E-state index in [0.29, 0.717) is 6.42 Å². The van der Waals surface area contributed by atoms with Gasteiger partial charge in [0.05, 0.1) is 0 Å². The lowest BCUT2D eigenvalue weighted by Gasteiger charge is -2.05. The maximum Gasteiger partial charge on any atom is 0.224 e. The van der Waals surface area contributed by atoms with E-state index in [1.54, 1.807) is 6.07 Å². The van der Waals surface area contributed by atoms with E-state index in [4.69, 9.17) is 0 Å². The van der Waals surface area contributed by atoms with Crippen LogP contribution in [0.4, 0.5) is 10.1 Å². The second kappa shape index (κ2) is 3.17. The van der Waals surface area contributed by atoms with Crippen LogP contribution in [0.1, 0.15) is 18.4 Å². The molecule has 0 bridgehead atoms. The third-order valence-electron chi connectivity index (χ3n) is 2.19. The van der Waals surface area contributed by atoms with Gasteiger partial charge in [-0.1, -0.05) is 0 Å². The Morgan fingerprint density at radius 3 is 3.00 bits per heavy atom. The molecule has 1 aromatic rings. The minimum absolute atomic E-state index is 0.0189. The number of carbonyl (C=O) groups is 1. The topological polar surface area (TPSA) is 29.1 Å². The van der Waals surface area contributed by atoms with E-state index in [-0.39, 0.29) is 11.7 Å². The standard InChI is InChI=1S/C10H10FNO/c11-8-4-5-9-7(6-8)2-1-3-10(13)12-9/h4-6H,1-3H2,(H,12,13). The summed E-state index contributed by atoms with van der Waals surface area (Å²) in [5.41, 5.74) is 1.65. The average molecular weight is 179 g/mol. The Bertz CT molecular complexity index is 349. The summed E-state index contributed by atoms with van der Waals surface area (Å²) in [6, 6.07) is 4.47. The first-order valence-electron chi connectivity index (χ1n) is 4.34. The van der Waals surface area contributed by atoms with Crippen molar-refractivity contribution < 1.29 is 9.18 Å². The molecule has 0 saturated carbocycles. The quantitative estimate of drug-likeness (QED) is 0.649. The molecule has 0 atom stereocenters. The van der Waals surface area contributed by atoms with E-state index >= 15 is 0 Å². The van der Waals surface area contributed by atoms with Crippen molar-refractivity contribution in [3.8, 4) is 0 Å². The van der Waals surface area contributed by atoms with E-state index in [9.17, 15) is 9.18 Å². The van der Waals surface area contributed by atoms with Gasteiger partial charge in [-0.25, -0.2) is 4.39 Å². The highest BCUT2D eigenvalue weighted by Crippen LogP contribution is 2.22. The number of fused-ring (bicyclic) bond motifs is 1. The van der Waals surface area contributed by atoms with Gasteiger partial charge in [0.25, 0.3) is 0 Å². The monoisotopic (exact) mass is 179 g/mol. The molecule has 1 aromatic carbocycles. The summed E-state index contributed by atoms with van der Waals surface area (Å²) in [5.74, 6) is -0.222. The largest absolute Gasteiger partial charge is 0.326 e. The highest BCUT2D eigenvalue weighted by molar-refractivity contribution is 5.92. The summed E-state index contributed by atoms with van der Waals surface area (Å²) in [6.07, 6.45) is 2.09. The van der Waals surface area contributed by atoms with E-state index in [1.165, 1.54) is 12.1 Å². The maximum atomic E-state index is 12.8. The number of anilines is 1. The Labute approximate surface area is 75.8 Å². The molecule has 2 rings (SSSR count). The van der Waals surface area contributed by atoms with Gasteiger partial charge in [0, 0.05) is 12.1 Å². The molecule has 0 aliphatic carbocycles. The summed E-state index contributed by atoms with van der Waals surface area (Å²) in [5, 5.41) is 2.74. The molecule has 1 N–H and O–H groups in total. The number of benzene rings is 1. The summed E-state index contributed by atoms with van der Waals surface area (Å²) < 4.78 is 12.8. The highest BCUT2D eigenvalue weighted by Gasteiger charge is 2.12. The molecule has 1 amide bonds. The van der Waals surface area contributed by atoms with Crippen LogP contribution in [0.15, 0.2) is 18.2 Å². The van der Waals surface area contributed by atoms with Gasteiger partial charge in [-0.05, 0) is 36.6 Å². The van der Waals surface area contributed by atoms with Crippen molar-refractivity contribution >= 4 is 11.6 Å². The number of carbonyl (C=O) groups excluding carboxylic acids is 1. The molecule has 1 heterocycles. The second-order valence-corrected chi connectivity index (χ2v) is 3.20. The molecule has 3 heteroatoms. The first-order valence-corrected chi connectivity index (χ1v) is 4.34. The Balaban J connectivity index is 2.40. The number of amides is 1. The Kier molecular flexibility index (Phi) is 2.00. The normalized spacial score (nSPS) is 15.9. The van der Waals surface area contributed by atoms with Crippen LogP contribution in [0.5, 0.6) is 0 Å². The van der Waals surface area contributed by atoms with Gasteiger partial charge in [0.15, 0.2) is 0 Å². The first-order chi connectivity index (χ1) is 6.25.